The molecule has 1 N–H and O–H groups in total. The molecule has 6 nitrogen and oxygen atoms in total. The number of rotatable bonds is 8. The van der Waals surface area contributed by atoms with Gasteiger partial charge in [0.1, 0.15) is 12.6 Å². The molecule has 3 rings (SSSR count). The molecule has 33 heavy (non-hydrogen) atoms. The number of benzene rings is 2. The second-order valence-electron chi connectivity index (χ2n) is 9.61. The third-order valence-corrected chi connectivity index (χ3v) is 10.6. The zero-order chi connectivity index (χ0) is 24.1. The number of ether oxygens (including phenoxy) is 1. The molecular weight excluding hydrogens is 432 g/mol. The number of hydrogen-bond donors (Lipinski definition) is 1. The van der Waals surface area contributed by atoms with Crippen LogP contribution in [0.2, 0.25) is 18.1 Å². The summed E-state index contributed by atoms with van der Waals surface area (Å²) in [6.07, 6.45) is 1.06. The summed E-state index contributed by atoms with van der Waals surface area (Å²) in [7, 11) is -2.13. The van der Waals surface area contributed by atoms with Gasteiger partial charge in [-0.15, -0.1) is 0 Å². The first-order valence-corrected chi connectivity index (χ1v) is 14.0. The van der Waals surface area contributed by atoms with Gasteiger partial charge in [0, 0.05) is 17.1 Å². The molecule has 0 aliphatic rings. The second-order valence-corrected chi connectivity index (χ2v) is 14.4. The average molecular weight is 465 g/mol. The molecule has 1 atom stereocenters. The van der Waals surface area contributed by atoms with Crippen LogP contribution in [0.3, 0.4) is 0 Å². The first kappa shape index (κ1) is 24.6. The largest absolute Gasteiger partial charge is 0.445 e. The second kappa shape index (κ2) is 10.3. The predicted octanol–water partition coefficient (Wildman–Crippen LogP) is 5.73. The van der Waals surface area contributed by atoms with Crippen LogP contribution in [-0.2, 0) is 15.8 Å². The lowest BCUT2D eigenvalue weighted by Gasteiger charge is -2.37. The number of amides is 1. The molecule has 0 spiro atoms. The molecular formula is C26H32N2O4Si. The van der Waals surface area contributed by atoms with E-state index in [1.165, 1.54) is 0 Å². The van der Waals surface area contributed by atoms with Crippen molar-refractivity contribution in [3.63, 3.8) is 0 Å². The fourth-order valence-electron chi connectivity index (χ4n) is 3.03. The first-order chi connectivity index (χ1) is 15.6. The minimum Gasteiger partial charge on any atom is -0.445 e. The van der Waals surface area contributed by atoms with Crippen molar-refractivity contribution in [1.29, 1.82) is 0 Å². The van der Waals surface area contributed by atoms with Crippen LogP contribution in [0.15, 0.2) is 66.9 Å². The van der Waals surface area contributed by atoms with Gasteiger partial charge >= 0.3 is 6.09 Å². The lowest BCUT2D eigenvalue weighted by atomic mass is 10.0. The summed E-state index contributed by atoms with van der Waals surface area (Å²) in [5.41, 5.74) is 2.16. The van der Waals surface area contributed by atoms with Crippen LogP contribution in [-0.4, -0.2) is 37.8 Å². The van der Waals surface area contributed by atoms with E-state index in [4.69, 9.17) is 9.16 Å². The van der Waals surface area contributed by atoms with Crippen LogP contribution in [0.4, 0.5) is 4.79 Å². The van der Waals surface area contributed by atoms with E-state index in [-0.39, 0.29) is 24.0 Å². The molecule has 0 aliphatic carbocycles. The molecule has 0 unspecified atom stereocenters. The third-order valence-electron chi connectivity index (χ3n) is 6.13. The van der Waals surface area contributed by atoms with E-state index in [1.54, 1.807) is 18.3 Å². The smallest absolute Gasteiger partial charge is 0.408 e. The summed E-state index contributed by atoms with van der Waals surface area (Å²) < 4.78 is 11.6. The number of hydrogen-bond acceptors (Lipinski definition) is 5. The number of alkyl carbamates (subject to hydrolysis) is 1. The van der Waals surface area contributed by atoms with E-state index in [9.17, 15) is 9.59 Å². The summed E-state index contributed by atoms with van der Waals surface area (Å²) in [6.45, 7) is 10.8. The maximum Gasteiger partial charge on any atom is 0.408 e. The molecule has 0 saturated heterocycles. The lowest BCUT2D eigenvalue weighted by Crippen LogP contribution is -2.49. The van der Waals surface area contributed by atoms with E-state index in [1.807, 2.05) is 48.5 Å². The normalized spacial score (nSPS) is 12.9. The molecule has 0 fully saturated rings. The van der Waals surface area contributed by atoms with Crippen molar-refractivity contribution >= 4 is 31.1 Å². The molecule has 174 valence electrons. The number of fused-ring (bicyclic) bond motifs is 1. The zero-order valence-electron chi connectivity index (χ0n) is 19.9. The Bertz CT molecular complexity index is 1110. The fourth-order valence-corrected chi connectivity index (χ4v) is 4.04. The van der Waals surface area contributed by atoms with Crippen LogP contribution in [0.5, 0.6) is 0 Å². The van der Waals surface area contributed by atoms with Gasteiger partial charge in [0.15, 0.2) is 14.1 Å². The minimum atomic E-state index is -2.13. The average Bonchev–Trinajstić information content (AvgIpc) is 2.79. The molecule has 0 bridgehead atoms. The number of pyridine rings is 1. The summed E-state index contributed by atoms with van der Waals surface area (Å²) in [4.78, 5) is 30.3. The Kier molecular flexibility index (Phi) is 7.66. The predicted molar refractivity (Wildman–Crippen MR) is 133 cm³/mol. The Morgan fingerprint density at radius 2 is 1.76 bits per heavy atom. The van der Waals surface area contributed by atoms with Crippen LogP contribution < -0.4 is 5.32 Å². The Hall–Kier alpha value is -3.03. The number of carbonyl (C=O) groups is 2. The Morgan fingerprint density at radius 1 is 1.03 bits per heavy atom. The summed E-state index contributed by atoms with van der Waals surface area (Å²) in [5, 5.41) is 3.56. The molecule has 1 amide bonds. The Morgan fingerprint density at radius 3 is 2.45 bits per heavy atom. The summed E-state index contributed by atoms with van der Waals surface area (Å²) >= 11 is 0. The summed E-state index contributed by atoms with van der Waals surface area (Å²) in [5.74, 6) is -0.226. The Labute approximate surface area is 196 Å². The van der Waals surface area contributed by atoms with Gasteiger partial charge in [-0.3, -0.25) is 9.78 Å². The van der Waals surface area contributed by atoms with Gasteiger partial charge in [0.05, 0.1) is 12.1 Å². The van der Waals surface area contributed by atoms with Crippen molar-refractivity contribution in [3.05, 3.63) is 78.0 Å². The van der Waals surface area contributed by atoms with Gasteiger partial charge in [0.25, 0.3) is 0 Å². The van der Waals surface area contributed by atoms with E-state index < -0.39 is 20.5 Å². The van der Waals surface area contributed by atoms with Crippen molar-refractivity contribution in [2.45, 2.75) is 51.6 Å². The van der Waals surface area contributed by atoms with Crippen LogP contribution >= 0.6 is 0 Å². The van der Waals surface area contributed by atoms with Gasteiger partial charge in [-0.2, -0.15) is 0 Å². The lowest BCUT2D eigenvalue weighted by molar-refractivity contribution is 0.0869. The number of Topliss-reactive ketones (excluding diaryl/α,β-unsaturated/α-hetero) is 1. The highest BCUT2D eigenvalue weighted by molar-refractivity contribution is 6.74. The van der Waals surface area contributed by atoms with Gasteiger partial charge in [-0.05, 0) is 48.0 Å². The molecule has 1 heterocycles. The standard InChI is InChI=1S/C26H32N2O4Si/c1-26(2,3)33(4,5)32-18-23(28-25(30)31-17-19-10-7-6-8-11-19)24(29)21-13-14-22-20(16-21)12-9-15-27-22/h6-16,23H,17-18H2,1-5H3,(H,28,30)/t23-/m1/s1. The molecule has 0 radical (unpaired) electrons. The van der Waals surface area contributed by atoms with Crippen molar-refractivity contribution in [3.8, 4) is 0 Å². The van der Waals surface area contributed by atoms with Crippen LogP contribution in [0.25, 0.3) is 10.9 Å². The van der Waals surface area contributed by atoms with Crippen molar-refractivity contribution in [1.82, 2.24) is 10.3 Å². The third kappa shape index (κ3) is 6.49. The Balaban J connectivity index is 1.77. The van der Waals surface area contributed by atoms with Crippen molar-refractivity contribution < 1.29 is 18.8 Å². The topological polar surface area (TPSA) is 77.5 Å². The van der Waals surface area contributed by atoms with Gasteiger partial charge in [-0.25, -0.2) is 4.79 Å². The van der Waals surface area contributed by atoms with Crippen molar-refractivity contribution in [2.75, 3.05) is 6.61 Å². The first-order valence-electron chi connectivity index (χ1n) is 11.1. The van der Waals surface area contributed by atoms with Crippen LogP contribution in [0, 0.1) is 0 Å². The van der Waals surface area contributed by atoms with E-state index in [0.29, 0.717) is 5.56 Å². The van der Waals surface area contributed by atoms with E-state index in [0.717, 1.165) is 16.5 Å². The number of aromatic nitrogens is 1. The minimum absolute atomic E-state index is 0.0248. The maximum atomic E-state index is 13.4. The summed E-state index contributed by atoms with van der Waals surface area (Å²) in [6, 6.07) is 17.6. The molecule has 7 heteroatoms. The van der Waals surface area contributed by atoms with Crippen LogP contribution in [0.1, 0.15) is 36.7 Å². The molecule has 0 aliphatic heterocycles. The number of nitrogens with one attached hydrogen (secondary N) is 1. The van der Waals surface area contributed by atoms with Crippen molar-refractivity contribution in [2.24, 2.45) is 0 Å². The number of ketones is 1. The maximum absolute atomic E-state index is 13.4. The highest BCUT2D eigenvalue weighted by atomic mass is 28.4. The molecule has 2 aromatic carbocycles. The quantitative estimate of drug-likeness (QED) is 0.340. The van der Waals surface area contributed by atoms with E-state index in [2.05, 4.69) is 44.2 Å². The fraction of sp³-hybridized carbons (Fsp3) is 0.346. The van der Waals surface area contributed by atoms with Gasteiger partial charge in [0.2, 0.25) is 0 Å². The molecule has 1 aromatic heterocycles. The SMILES string of the molecule is CC(C)(C)[Si](C)(C)OC[C@@H](NC(=O)OCc1ccccc1)C(=O)c1ccc2ncccc2c1. The van der Waals surface area contributed by atoms with Gasteiger partial charge in [-0.1, -0.05) is 57.2 Å². The zero-order valence-corrected chi connectivity index (χ0v) is 20.9. The van der Waals surface area contributed by atoms with Gasteiger partial charge < -0.3 is 14.5 Å². The number of nitrogens with zero attached hydrogens (tertiary/aromatic N) is 1. The highest BCUT2D eigenvalue weighted by Crippen LogP contribution is 2.36. The molecule has 0 saturated carbocycles. The highest BCUT2D eigenvalue weighted by Gasteiger charge is 2.38. The monoisotopic (exact) mass is 464 g/mol. The number of carbonyl (C=O) groups excluding carboxylic acids is 2. The van der Waals surface area contributed by atoms with E-state index >= 15 is 0 Å². The molecule has 3 aromatic rings.